The van der Waals surface area contributed by atoms with Crippen molar-refractivity contribution in [3.8, 4) is 0 Å². The number of rotatable bonds is 40. The van der Waals surface area contributed by atoms with Crippen molar-refractivity contribution in [1.82, 2.24) is 0 Å². The molecule has 0 saturated carbocycles. The van der Waals surface area contributed by atoms with Gasteiger partial charge in [-0.25, -0.2) is 0 Å². The fraction of sp³-hybridized carbons (Fsp3) is 0.864. The van der Waals surface area contributed by atoms with Crippen LogP contribution in [0.1, 0.15) is 194 Å². The van der Waals surface area contributed by atoms with Crippen molar-refractivity contribution in [2.75, 3.05) is 47.5 Å². The Morgan fingerprint density at radius 2 is 0.944 bits per heavy atom. The fourth-order valence-electron chi connectivity index (χ4n) is 5.94. The van der Waals surface area contributed by atoms with Gasteiger partial charge in [0.05, 0.1) is 27.7 Å². The van der Waals surface area contributed by atoms with E-state index in [0.717, 1.165) is 57.8 Å². The van der Waals surface area contributed by atoms with Crippen molar-refractivity contribution in [2.24, 2.45) is 0 Å². The van der Waals surface area contributed by atoms with Gasteiger partial charge < -0.3 is 27.9 Å². The van der Waals surface area contributed by atoms with E-state index in [9.17, 15) is 19.0 Å². The van der Waals surface area contributed by atoms with E-state index in [4.69, 9.17) is 18.5 Å². The quantitative estimate of drug-likeness (QED) is 0.0198. The average molecular weight is 786 g/mol. The smallest absolute Gasteiger partial charge is 0.306 e. The zero-order chi connectivity index (χ0) is 40.0. The number of unbranched alkanes of at least 4 members (excludes halogenated alkanes) is 22. The lowest BCUT2D eigenvalue weighted by molar-refractivity contribution is -0.870. The molecule has 0 aromatic carbocycles. The Morgan fingerprint density at radius 3 is 1.37 bits per heavy atom. The summed E-state index contributed by atoms with van der Waals surface area (Å²) in [4.78, 5) is 37.5. The summed E-state index contributed by atoms with van der Waals surface area (Å²) >= 11 is 0. The number of hydrogen-bond acceptors (Lipinski definition) is 8. The molecule has 0 aromatic heterocycles. The molecule has 0 heterocycles. The van der Waals surface area contributed by atoms with E-state index >= 15 is 0 Å². The molecule has 0 spiro atoms. The molecule has 0 aliphatic heterocycles. The van der Waals surface area contributed by atoms with E-state index in [1.807, 2.05) is 21.1 Å². The number of nitrogens with zero attached hydrogens (tertiary/aromatic N) is 1. The van der Waals surface area contributed by atoms with Gasteiger partial charge in [-0.15, -0.1) is 0 Å². The molecule has 2 atom stereocenters. The summed E-state index contributed by atoms with van der Waals surface area (Å²) in [7, 11) is 1.16. The number of esters is 2. The van der Waals surface area contributed by atoms with Gasteiger partial charge in [0.2, 0.25) is 0 Å². The standard InChI is InChI=1S/C44H84NO8P/c1-6-8-10-12-14-16-18-20-22-24-26-28-30-32-34-36-43(46)50-40-42(41-52-54(48,49)51-39-38-45(3,4)5)53-44(47)37-35-33-31-29-27-25-23-21-19-17-15-13-11-9-7-2/h18-21,42H,6-17,22-41H2,1-5H3/b20-18+,21-19+. The Bertz CT molecular complexity index is 980. The molecule has 54 heavy (non-hydrogen) atoms. The molecule has 0 aliphatic rings. The second-order valence-electron chi connectivity index (χ2n) is 16.1. The van der Waals surface area contributed by atoms with Crippen LogP contribution in [0.2, 0.25) is 0 Å². The number of phosphoric acid groups is 1. The Morgan fingerprint density at radius 1 is 0.556 bits per heavy atom. The van der Waals surface area contributed by atoms with Gasteiger partial charge in [0.25, 0.3) is 7.82 Å². The highest BCUT2D eigenvalue weighted by Crippen LogP contribution is 2.38. The van der Waals surface area contributed by atoms with Crippen LogP contribution >= 0.6 is 7.82 Å². The van der Waals surface area contributed by atoms with E-state index in [1.54, 1.807) is 0 Å². The topological polar surface area (TPSA) is 111 Å². The Balaban J connectivity index is 4.37. The zero-order valence-electron chi connectivity index (χ0n) is 35.7. The van der Waals surface area contributed by atoms with Crippen LogP contribution in [0.5, 0.6) is 0 Å². The normalized spacial score (nSPS) is 13.8. The molecule has 318 valence electrons. The van der Waals surface area contributed by atoms with Crippen LogP contribution in [0.3, 0.4) is 0 Å². The summed E-state index contributed by atoms with van der Waals surface area (Å²) in [6.07, 6.45) is 39.1. The lowest BCUT2D eigenvalue weighted by Gasteiger charge is -2.28. The molecule has 0 bridgehead atoms. The number of ether oxygens (including phenoxy) is 2. The summed E-state index contributed by atoms with van der Waals surface area (Å²) < 4.78 is 33.9. The van der Waals surface area contributed by atoms with E-state index in [2.05, 4.69) is 38.2 Å². The molecule has 0 N–H and O–H groups in total. The van der Waals surface area contributed by atoms with Crippen LogP contribution in [0.25, 0.3) is 0 Å². The number of likely N-dealkylation sites (N-methyl/N-ethyl adjacent to an activating group) is 1. The molecule has 0 aliphatic carbocycles. The molecular weight excluding hydrogens is 701 g/mol. The second kappa shape index (κ2) is 37.1. The minimum atomic E-state index is -4.62. The van der Waals surface area contributed by atoms with E-state index in [1.165, 1.54) is 103 Å². The maximum absolute atomic E-state index is 12.7. The maximum atomic E-state index is 12.7. The molecule has 0 aromatic rings. The zero-order valence-corrected chi connectivity index (χ0v) is 36.6. The predicted octanol–water partition coefficient (Wildman–Crippen LogP) is 11.7. The average Bonchev–Trinajstić information content (AvgIpc) is 3.12. The Kier molecular flexibility index (Phi) is 36.1. The van der Waals surface area contributed by atoms with E-state index < -0.39 is 32.5 Å². The number of phosphoric ester groups is 1. The second-order valence-corrected chi connectivity index (χ2v) is 17.5. The van der Waals surface area contributed by atoms with E-state index in [-0.39, 0.29) is 26.1 Å². The van der Waals surface area contributed by atoms with Gasteiger partial charge >= 0.3 is 11.9 Å². The third-order valence-electron chi connectivity index (χ3n) is 9.44. The largest absolute Gasteiger partial charge is 0.756 e. The van der Waals surface area contributed by atoms with Crippen molar-refractivity contribution in [1.29, 1.82) is 0 Å². The van der Waals surface area contributed by atoms with E-state index in [0.29, 0.717) is 17.4 Å². The van der Waals surface area contributed by atoms with Crippen molar-refractivity contribution < 1.29 is 42.1 Å². The fourth-order valence-corrected chi connectivity index (χ4v) is 6.67. The molecule has 0 rings (SSSR count). The maximum Gasteiger partial charge on any atom is 0.306 e. The Labute approximate surface area is 332 Å². The Hall–Kier alpha value is -1.51. The molecule has 0 radical (unpaired) electrons. The van der Waals surface area contributed by atoms with Gasteiger partial charge in [0.15, 0.2) is 6.10 Å². The van der Waals surface area contributed by atoms with Crippen molar-refractivity contribution in [2.45, 2.75) is 200 Å². The predicted molar refractivity (Wildman–Crippen MR) is 222 cm³/mol. The number of allylic oxidation sites excluding steroid dienone is 4. The molecule has 0 fully saturated rings. The van der Waals surface area contributed by atoms with Crippen LogP contribution in [0.4, 0.5) is 0 Å². The first-order chi connectivity index (χ1) is 26.0. The summed E-state index contributed by atoms with van der Waals surface area (Å²) in [6.45, 7) is 4.20. The van der Waals surface area contributed by atoms with Crippen LogP contribution in [0.15, 0.2) is 24.3 Å². The first-order valence-electron chi connectivity index (χ1n) is 22.0. The van der Waals surface area contributed by atoms with Crippen molar-refractivity contribution in [3.05, 3.63) is 24.3 Å². The molecule has 10 heteroatoms. The number of carbonyl (C=O) groups is 2. The lowest BCUT2D eigenvalue weighted by atomic mass is 10.1. The summed E-state index contributed by atoms with van der Waals surface area (Å²) in [6, 6.07) is 0. The molecular formula is C44H84NO8P. The molecule has 0 saturated heterocycles. The van der Waals surface area contributed by atoms with Crippen LogP contribution in [-0.2, 0) is 32.7 Å². The number of carbonyl (C=O) groups excluding carboxylic acids is 2. The summed E-state index contributed by atoms with van der Waals surface area (Å²) in [5.41, 5.74) is 0. The van der Waals surface area contributed by atoms with Gasteiger partial charge in [-0.1, -0.05) is 141 Å². The minimum Gasteiger partial charge on any atom is -0.756 e. The van der Waals surface area contributed by atoms with Gasteiger partial charge in [0, 0.05) is 12.8 Å². The highest BCUT2D eigenvalue weighted by atomic mass is 31.2. The monoisotopic (exact) mass is 786 g/mol. The first-order valence-corrected chi connectivity index (χ1v) is 23.5. The van der Waals surface area contributed by atoms with Gasteiger partial charge in [-0.2, -0.15) is 0 Å². The highest BCUT2D eigenvalue weighted by Gasteiger charge is 2.21. The highest BCUT2D eigenvalue weighted by molar-refractivity contribution is 7.45. The van der Waals surface area contributed by atoms with Gasteiger partial charge in [0.1, 0.15) is 19.8 Å². The van der Waals surface area contributed by atoms with Crippen LogP contribution < -0.4 is 4.89 Å². The molecule has 0 amide bonds. The van der Waals surface area contributed by atoms with Gasteiger partial charge in [-0.05, 0) is 64.2 Å². The number of quaternary nitrogens is 1. The first kappa shape index (κ1) is 52.5. The summed E-state index contributed by atoms with van der Waals surface area (Å²) in [5.74, 6) is -0.845. The van der Waals surface area contributed by atoms with Crippen LogP contribution in [0, 0.1) is 0 Å². The SMILES string of the molecule is CCCCCCC/C=C/CCCCCCCCC(=O)OCC(COP(=O)([O-])OCC[N+](C)(C)C)OC(=O)CCCCCCCC/C=C/CCCCCCC. The number of hydrogen-bond donors (Lipinski definition) is 0. The lowest BCUT2D eigenvalue weighted by Crippen LogP contribution is -2.37. The van der Waals surface area contributed by atoms with Crippen molar-refractivity contribution in [3.63, 3.8) is 0 Å². The summed E-state index contributed by atoms with van der Waals surface area (Å²) in [5, 5.41) is 0. The molecule has 2 unspecified atom stereocenters. The van der Waals surface area contributed by atoms with Crippen LogP contribution in [-0.4, -0.2) is 70.0 Å². The minimum absolute atomic E-state index is 0.0318. The molecule has 9 nitrogen and oxygen atoms in total. The third-order valence-corrected chi connectivity index (χ3v) is 10.4. The van der Waals surface area contributed by atoms with Gasteiger partial charge in [-0.3, -0.25) is 14.2 Å². The third kappa shape index (κ3) is 40.2. The van der Waals surface area contributed by atoms with Crippen molar-refractivity contribution >= 4 is 19.8 Å².